The topological polar surface area (TPSA) is 111 Å². The van der Waals surface area contributed by atoms with E-state index in [1.54, 1.807) is 0 Å². The lowest BCUT2D eigenvalue weighted by atomic mass is 9.96. The predicted octanol–water partition coefficient (Wildman–Crippen LogP) is 4.46. The Bertz CT molecular complexity index is 1750. The van der Waals surface area contributed by atoms with Gasteiger partial charge >= 0.3 is 12.2 Å². The number of hydrogen-bond acceptors (Lipinski definition) is 10. The van der Waals surface area contributed by atoms with E-state index in [-0.39, 0.29) is 46.3 Å². The summed E-state index contributed by atoms with van der Waals surface area (Å²) in [5.74, 6) is -2.09. The van der Waals surface area contributed by atoms with E-state index in [9.17, 15) is 17.6 Å². The predicted molar refractivity (Wildman–Crippen MR) is 162 cm³/mol. The molecule has 8 rings (SSSR count). The van der Waals surface area contributed by atoms with E-state index in [0.717, 1.165) is 58.3 Å². The van der Waals surface area contributed by atoms with Crippen LogP contribution in [0, 0.1) is 24.0 Å². The molecule has 3 saturated heterocycles. The molecule has 1 aliphatic carbocycles. The maximum atomic E-state index is 16.8. The normalized spacial score (nSPS) is 26.6. The molecule has 47 heavy (non-hydrogen) atoms. The monoisotopic (exact) mass is 661 g/mol. The van der Waals surface area contributed by atoms with Gasteiger partial charge in [-0.1, -0.05) is 0 Å². The number of nitrogens with one attached hydrogen (secondary N) is 1. The minimum Gasteiger partial charge on any atom is -0.472 e. The fourth-order valence-corrected chi connectivity index (χ4v) is 7.88. The number of nitrogen functional groups attached to an aromatic ring is 1. The Hall–Kier alpha value is -3.56. The Morgan fingerprint density at radius 2 is 1.87 bits per heavy atom. The average Bonchev–Trinajstić information content (AvgIpc) is 3.72. The number of pyridine rings is 1. The summed E-state index contributed by atoms with van der Waals surface area (Å²) in [6, 6.07) is 0.706. The molecular weight excluding hydrogens is 625 g/mol. The SMILES string of the molecule is Cc1c(F)c(N)cc(-c2nc3c4c(nc(OCC5(CN6CCOCC6)CC5)nc4c2F)N2C[C@H]4CC[C@H](N4)[C@H]2[C@H](C)O3)c1C(F)(F)F. The summed E-state index contributed by atoms with van der Waals surface area (Å²) >= 11 is 0. The molecule has 4 fully saturated rings. The minimum atomic E-state index is -5.03. The fourth-order valence-electron chi connectivity index (χ4n) is 7.88. The second-order valence-corrected chi connectivity index (χ2v) is 13.6. The van der Waals surface area contributed by atoms with E-state index in [4.69, 9.17) is 24.9 Å². The number of hydrogen-bond donors (Lipinski definition) is 2. The van der Waals surface area contributed by atoms with Gasteiger partial charge in [0.05, 0.1) is 37.1 Å². The molecule has 4 atom stereocenters. The van der Waals surface area contributed by atoms with Crippen LogP contribution in [0.2, 0.25) is 0 Å². The van der Waals surface area contributed by atoms with Crippen LogP contribution in [0.3, 0.4) is 0 Å². The van der Waals surface area contributed by atoms with E-state index in [0.29, 0.717) is 32.2 Å². The van der Waals surface area contributed by atoms with E-state index in [2.05, 4.69) is 25.1 Å². The molecule has 0 amide bonds. The van der Waals surface area contributed by atoms with Crippen LogP contribution >= 0.6 is 0 Å². The van der Waals surface area contributed by atoms with Crippen molar-refractivity contribution in [3.05, 3.63) is 28.8 Å². The number of halogens is 5. The molecule has 2 bridgehead atoms. The maximum absolute atomic E-state index is 16.8. The molecule has 3 aromatic rings. The van der Waals surface area contributed by atoms with Crippen LogP contribution in [-0.4, -0.2) is 90.1 Å². The van der Waals surface area contributed by atoms with Crippen molar-refractivity contribution in [3.63, 3.8) is 0 Å². The van der Waals surface area contributed by atoms with Crippen molar-refractivity contribution in [2.24, 2.45) is 5.41 Å². The molecule has 4 aliphatic heterocycles. The number of anilines is 2. The lowest BCUT2D eigenvalue weighted by molar-refractivity contribution is -0.137. The van der Waals surface area contributed by atoms with Gasteiger partial charge in [0.1, 0.15) is 34.3 Å². The van der Waals surface area contributed by atoms with Gasteiger partial charge in [0.25, 0.3) is 0 Å². The minimum absolute atomic E-state index is 0.0522. The average molecular weight is 662 g/mol. The Morgan fingerprint density at radius 1 is 1.11 bits per heavy atom. The summed E-state index contributed by atoms with van der Waals surface area (Å²) in [7, 11) is 0. The summed E-state index contributed by atoms with van der Waals surface area (Å²) in [4.78, 5) is 18.1. The van der Waals surface area contributed by atoms with Gasteiger partial charge in [-0.2, -0.15) is 23.1 Å². The first-order valence-corrected chi connectivity index (χ1v) is 16.1. The number of nitrogens with zero attached hydrogens (tertiary/aromatic N) is 5. The second-order valence-electron chi connectivity index (χ2n) is 13.6. The third kappa shape index (κ3) is 5.21. The van der Waals surface area contributed by atoms with Crippen LogP contribution in [0.5, 0.6) is 11.9 Å². The van der Waals surface area contributed by atoms with Crippen molar-refractivity contribution >= 4 is 22.4 Å². The Labute approximate surface area is 267 Å². The van der Waals surface area contributed by atoms with Gasteiger partial charge in [-0.15, -0.1) is 0 Å². The molecule has 0 spiro atoms. The van der Waals surface area contributed by atoms with Crippen LogP contribution in [0.1, 0.15) is 43.7 Å². The molecule has 2 aromatic heterocycles. The zero-order chi connectivity index (χ0) is 32.8. The van der Waals surface area contributed by atoms with Crippen LogP contribution < -0.4 is 25.4 Å². The van der Waals surface area contributed by atoms with Gasteiger partial charge in [0.15, 0.2) is 5.82 Å². The maximum Gasteiger partial charge on any atom is 0.417 e. The van der Waals surface area contributed by atoms with Gasteiger partial charge < -0.3 is 30.2 Å². The Kier molecular flexibility index (Phi) is 7.19. The lowest BCUT2D eigenvalue weighted by Gasteiger charge is -2.42. The van der Waals surface area contributed by atoms with Crippen LogP contribution in [0.15, 0.2) is 6.07 Å². The summed E-state index contributed by atoms with van der Waals surface area (Å²) in [5.41, 5.74) is 1.33. The molecule has 0 radical (unpaired) electrons. The molecule has 3 N–H and O–H groups in total. The largest absolute Gasteiger partial charge is 0.472 e. The van der Waals surface area contributed by atoms with Crippen molar-refractivity contribution in [2.45, 2.75) is 69.9 Å². The first-order valence-electron chi connectivity index (χ1n) is 16.1. The molecule has 10 nitrogen and oxygen atoms in total. The number of rotatable bonds is 6. The molecular formula is C32H36F5N7O3. The zero-order valence-electron chi connectivity index (χ0n) is 26.1. The lowest BCUT2D eigenvalue weighted by Crippen LogP contribution is -2.62. The standard InChI is InChI=1S/C32H36F5N7O3/c1-15-22(32(35,36)37)18(11-19(38)23(15)33)25-24(34)26-21-28(44-12-17-3-4-20(39-17)27(44)16(2)47-29(21)40-25)42-30(41-26)46-14-31(5-6-31)13-43-7-9-45-10-8-43/h11,16-17,20,27,39H,3-10,12-14,38H2,1-2H3/t16-,17+,20-,27+/m0/s1. The molecule has 15 heteroatoms. The third-order valence-corrected chi connectivity index (χ3v) is 10.4. The van der Waals surface area contributed by atoms with Crippen molar-refractivity contribution < 1.29 is 36.2 Å². The second kappa shape index (κ2) is 11.0. The number of ether oxygens (including phenoxy) is 3. The highest BCUT2D eigenvalue weighted by Gasteiger charge is 2.48. The van der Waals surface area contributed by atoms with Gasteiger partial charge in [0.2, 0.25) is 5.88 Å². The number of fused-ring (bicyclic) bond motifs is 5. The number of aromatic nitrogens is 3. The highest BCUT2D eigenvalue weighted by molar-refractivity contribution is 5.97. The quantitative estimate of drug-likeness (QED) is 0.290. The van der Waals surface area contributed by atoms with Crippen LogP contribution in [0.4, 0.5) is 33.5 Å². The number of benzene rings is 1. The highest BCUT2D eigenvalue weighted by Crippen LogP contribution is 2.49. The Morgan fingerprint density at radius 3 is 2.60 bits per heavy atom. The van der Waals surface area contributed by atoms with Crippen molar-refractivity contribution in [3.8, 4) is 23.1 Å². The van der Waals surface area contributed by atoms with Gasteiger partial charge in [-0.05, 0) is 51.2 Å². The van der Waals surface area contributed by atoms with Crippen molar-refractivity contribution in [1.29, 1.82) is 0 Å². The molecule has 5 aliphatic rings. The molecule has 1 saturated carbocycles. The van der Waals surface area contributed by atoms with E-state index >= 15 is 4.39 Å². The van der Waals surface area contributed by atoms with Gasteiger partial charge in [0, 0.05) is 49.2 Å². The van der Waals surface area contributed by atoms with Crippen LogP contribution in [-0.2, 0) is 10.9 Å². The van der Waals surface area contributed by atoms with E-state index < -0.39 is 52.0 Å². The number of alkyl halides is 3. The van der Waals surface area contributed by atoms with Gasteiger partial charge in [-0.25, -0.2) is 13.8 Å². The first kappa shape index (κ1) is 30.8. The molecule has 0 unspecified atom stereocenters. The summed E-state index contributed by atoms with van der Waals surface area (Å²) < 4.78 is 92.8. The van der Waals surface area contributed by atoms with Crippen molar-refractivity contribution in [1.82, 2.24) is 25.2 Å². The Balaban J connectivity index is 1.28. The number of nitrogens with two attached hydrogens (primary N) is 1. The van der Waals surface area contributed by atoms with Crippen LogP contribution in [0.25, 0.3) is 22.2 Å². The van der Waals surface area contributed by atoms with E-state index in [1.165, 1.54) is 0 Å². The molecule has 1 aromatic carbocycles. The fraction of sp³-hybridized carbons (Fsp3) is 0.594. The third-order valence-electron chi connectivity index (χ3n) is 10.4. The first-order chi connectivity index (χ1) is 22.4. The van der Waals surface area contributed by atoms with E-state index in [1.807, 2.05) is 6.92 Å². The summed E-state index contributed by atoms with van der Waals surface area (Å²) in [6.07, 6.45) is -1.77. The zero-order valence-corrected chi connectivity index (χ0v) is 26.1. The van der Waals surface area contributed by atoms with Crippen molar-refractivity contribution in [2.75, 3.05) is 56.6 Å². The summed E-state index contributed by atoms with van der Waals surface area (Å²) in [5, 5.41) is 3.78. The highest BCUT2D eigenvalue weighted by atomic mass is 19.4. The smallest absolute Gasteiger partial charge is 0.417 e. The van der Waals surface area contributed by atoms with Gasteiger partial charge in [-0.3, -0.25) is 4.90 Å². The number of morpholine rings is 1. The molecule has 252 valence electrons. The molecule has 6 heterocycles. The summed E-state index contributed by atoms with van der Waals surface area (Å²) in [6.45, 7) is 7.53. The number of piperazine rings is 1.